The molecule has 0 amide bonds. The number of nitrogens with one attached hydrogen (secondary N) is 1. The SMILES string of the molecule is CCOc1ccc2nc(-c3cccnc3)nc(Nc3cncc(C)c3)c2c1. The Hall–Kier alpha value is -3.54. The molecule has 0 unspecified atom stereocenters. The molecule has 0 bridgehead atoms. The smallest absolute Gasteiger partial charge is 0.163 e. The molecule has 134 valence electrons. The van der Waals surface area contributed by atoms with Crippen molar-refractivity contribution in [1.29, 1.82) is 0 Å². The number of pyridine rings is 2. The zero-order chi connectivity index (χ0) is 18.6. The van der Waals surface area contributed by atoms with Crippen molar-refractivity contribution >= 4 is 22.4 Å². The lowest BCUT2D eigenvalue weighted by Gasteiger charge is -2.12. The van der Waals surface area contributed by atoms with Crippen LogP contribution in [0.15, 0.2) is 61.2 Å². The third-order valence-corrected chi connectivity index (χ3v) is 4.04. The van der Waals surface area contributed by atoms with Crippen LogP contribution in [0.1, 0.15) is 12.5 Å². The van der Waals surface area contributed by atoms with Gasteiger partial charge in [0.15, 0.2) is 5.82 Å². The second-order valence-corrected chi connectivity index (χ2v) is 6.13. The van der Waals surface area contributed by atoms with Crippen molar-refractivity contribution in [2.24, 2.45) is 0 Å². The van der Waals surface area contributed by atoms with Crippen LogP contribution in [-0.2, 0) is 0 Å². The van der Waals surface area contributed by atoms with Gasteiger partial charge in [-0.15, -0.1) is 0 Å². The molecule has 0 atom stereocenters. The summed E-state index contributed by atoms with van der Waals surface area (Å²) in [5.41, 5.74) is 3.63. The van der Waals surface area contributed by atoms with Gasteiger partial charge in [0.05, 0.1) is 24.0 Å². The molecule has 0 fully saturated rings. The number of benzene rings is 1. The Bertz CT molecular complexity index is 1080. The van der Waals surface area contributed by atoms with Crippen molar-refractivity contribution in [3.05, 3.63) is 66.7 Å². The summed E-state index contributed by atoms with van der Waals surface area (Å²) in [5.74, 6) is 2.10. The Labute approximate surface area is 157 Å². The van der Waals surface area contributed by atoms with Crippen LogP contribution in [-0.4, -0.2) is 26.5 Å². The second kappa shape index (κ2) is 7.37. The molecule has 3 heterocycles. The first-order valence-electron chi connectivity index (χ1n) is 8.76. The van der Waals surface area contributed by atoms with Crippen LogP contribution in [0.5, 0.6) is 5.75 Å². The number of hydrogen-bond donors (Lipinski definition) is 1. The van der Waals surface area contributed by atoms with Gasteiger partial charge in [-0.05, 0) is 55.8 Å². The predicted octanol–water partition coefficient (Wildman–Crippen LogP) is 4.54. The fourth-order valence-electron chi connectivity index (χ4n) is 2.84. The first-order chi connectivity index (χ1) is 13.2. The van der Waals surface area contributed by atoms with Crippen LogP contribution in [0.25, 0.3) is 22.3 Å². The number of nitrogens with zero attached hydrogens (tertiary/aromatic N) is 4. The summed E-state index contributed by atoms with van der Waals surface area (Å²) >= 11 is 0. The molecular formula is C21H19N5O. The number of anilines is 2. The first kappa shape index (κ1) is 16.9. The molecule has 6 heteroatoms. The molecule has 0 aliphatic carbocycles. The maximum absolute atomic E-state index is 5.65. The van der Waals surface area contributed by atoms with Crippen LogP contribution >= 0.6 is 0 Å². The minimum absolute atomic E-state index is 0.602. The molecule has 27 heavy (non-hydrogen) atoms. The van der Waals surface area contributed by atoms with E-state index in [0.717, 1.165) is 33.5 Å². The molecular weight excluding hydrogens is 338 g/mol. The molecule has 1 N–H and O–H groups in total. The molecule has 0 saturated carbocycles. The number of aryl methyl sites for hydroxylation is 1. The Morgan fingerprint density at radius 2 is 1.93 bits per heavy atom. The minimum Gasteiger partial charge on any atom is -0.494 e. The summed E-state index contributed by atoms with van der Waals surface area (Å²) in [6.45, 7) is 4.57. The average Bonchev–Trinajstić information content (AvgIpc) is 2.69. The third-order valence-electron chi connectivity index (χ3n) is 4.04. The van der Waals surface area contributed by atoms with E-state index in [1.165, 1.54) is 0 Å². The van der Waals surface area contributed by atoms with Gasteiger partial charge < -0.3 is 10.1 Å². The highest BCUT2D eigenvalue weighted by molar-refractivity contribution is 5.93. The fraction of sp³-hybridized carbons (Fsp3) is 0.143. The summed E-state index contributed by atoms with van der Waals surface area (Å²) in [5, 5.41) is 4.26. The Kier molecular flexibility index (Phi) is 4.61. The molecule has 0 saturated heterocycles. The highest BCUT2D eigenvalue weighted by atomic mass is 16.5. The number of aromatic nitrogens is 4. The van der Waals surface area contributed by atoms with Gasteiger partial charge in [-0.25, -0.2) is 9.97 Å². The Balaban J connectivity index is 1.87. The van der Waals surface area contributed by atoms with Gasteiger partial charge >= 0.3 is 0 Å². The topological polar surface area (TPSA) is 72.8 Å². The van der Waals surface area contributed by atoms with E-state index >= 15 is 0 Å². The zero-order valence-electron chi connectivity index (χ0n) is 15.2. The number of ether oxygens (including phenoxy) is 1. The normalized spacial score (nSPS) is 10.7. The van der Waals surface area contributed by atoms with Crippen LogP contribution in [0.3, 0.4) is 0 Å². The van der Waals surface area contributed by atoms with E-state index in [1.54, 1.807) is 18.6 Å². The molecule has 0 spiro atoms. The number of hydrogen-bond acceptors (Lipinski definition) is 6. The van der Waals surface area contributed by atoms with E-state index in [1.807, 2.05) is 56.4 Å². The molecule has 4 aromatic rings. The lowest BCUT2D eigenvalue weighted by molar-refractivity contribution is 0.340. The van der Waals surface area contributed by atoms with Gasteiger partial charge in [0.1, 0.15) is 11.6 Å². The van der Waals surface area contributed by atoms with Crippen LogP contribution < -0.4 is 10.1 Å². The molecule has 0 aliphatic heterocycles. The lowest BCUT2D eigenvalue weighted by atomic mass is 10.2. The minimum atomic E-state index is 0.602. The summed E-state index contributed by atoms with van der Waals surface area (Å²) in [4.78, 5) is 17.9. The number of fused-ring (bicyclic) bond motifs is 1. The molecule has 0 radical (unpaired) electrons. The van der Waals surface area contributed by atoms with Crippen molar-refractivity contribution in [1.82, 2.24) is 19.9 Å². The Morgan fingerprint density at radius 3 is 2.70 bits per heavy atom. The monoisotopic (exact) mass is 357 g/mol. The van der Waals surface area contributed by atoms with Crippen LogP contribution in [0.2, 0.25) is 0 Å². The van der Waals surface area contributed by atoms with E-state index in [4.69, 9.17) is 14.7 Å². The third kappa shape index (κ3) is 3.69. The van der Waals surface area contributed by atoms with Gasteiger partial charge in [-0.2, -0.15) is 0 Å². The largest absolute Gasteiger partial charge is 0.494 e. The van der Waals surface area contributed by atoms with E-state index < -0.39 is 0 Å². The molecule has 4 rings (SSSR count). The molecule has 6 nitrogen and oxygen atoms in total. The Morgan fingerprint density at radius 1 is 1.00 bits per heavy atom. The van der Waals surface area contributed by atoms with Crippen LogP contribution in [0, 0.1) is 6.92 Å². The average molecular weight is 357 g/mol. The van der Waals surface area contributed by atoms with Gasteiger partial charge in [-0.1, -0.05) is 0 Å². The number of rotatable bonds is 5. The lowest BCUT2D eigenvalue weighted by Crippen LogP contribution is -2.01. The van der Waals surface area contributed by atoms with Crippen molar-refractivity contribution in [2.45, 2.75) is 13.8 Å². The van der Waals surface area contributed by atoms with Crippen molar-refractivity contribution < 1.29 is 4.74 Å². The van der Waals surface area contributed by atoms with Crippen molar-refractivity contribution in [2.75, 3.05) is 11.9 Å². The van der Waals surface area contributed by atoms with Crippen LogP contribution in [0.4, 0.5) is 11.5 Å². The van der Waals surface area contributed by atoms with Gasteiger partial charge in [-0.3, -0.25) is 9.97 Å². The summed E-state index contributed by atoms with van der Waals surface area (Å²) < 4.78 is 5.65. The van der Waals surface area contributed by atoms with E-state index in [9.17, 15) is 0 Å². The quantitative estimate of drug-likeness (QED) is 0.565. The summed E-state index contributed by atoms with van der Waals surface area (Å²) in [6, 6.07) is 11.7. The van der Waals surface area contributed by atoms with Crippen molar-refractivity contribution in [3.63, 3.8) is 0 Å². The zero-order valence-corrected chi connectivity index (χ0v) is 15.2. The maximum atomic E-state index is 5.65. The highest BCUT2D eigenvalue weighted by Gasteiger charge is 2.11. The molecule has 3 aromatic heterocycles. The highest BCUT2D eigenvalue weighted by Crippen LogP contribution is 2.30. The van der Waals surface area contributed by atoms with E-state index in [0.29, 0.717) is 18.2 Å². The summed E-state index contributed by atoms with van der Waals surface area (Å²) in [7, 11) is 0. The van der Waals surface area contributed by atoms with Crippen molar-refractivity contribution in [3.8, 4) is 17.1 Å². The fourth-order valence-corrected chi connectivity index (χ4v) is 2.84. The van der Waals surface area contributed by atoms with Gasteiger partial charge in [0.25, 0.3) is 0 Å². The standard InChI is InChI=1S/C21H19N5O/c1-3-27-17-6-7-19-18(10-17)21(24-16-9-14(2)11-23-13-16)26-20(25-19)15-5-4-8-22-12-15/h4-13H,3H2,1-2H3,(H,24,25,26). The molecule has 0 aliphatic rings. The first-order valence-corrected chi connectivity index (χ1v) is 8.76. The maximum Gasteiger partial charge on any atom is 0.163 e. The molecule has 1 aromatic carbocycles. The van der Waals surface area contributed by atoms with E-state index in [-0.39, 0.29) is 0 Å². The summed E-state index contributed by atoms with van der Waals surface area (Å²) in [6.07, 6.45) is 7.08. The van der Waals surface area contributed by atoms with Gasteiger partial charge in [0, 0.05) is 29.5 Å². The van der Waals surface area contributed by atoms with E-state index in [2.05, 4.69) is 15.3 Å². The second-order valence-electron chi connectivity index (χ2n) is 6.13. The van der Waals surface area contributed by atoms with Gasteiger partial charge in [0.2, 0.25) is 0 Å². The predicted molar refractivity (Wildman–Crippen MR) is 106 cm³/mol.